The first-order valence-corrected chi connectivity index (χ1v) is 4.22. The van der Waals surface area contributed by atoms with E-state index in [1.165, 1.54) is 6.26 Å². The lowest BCUT2D eigenvalue weighted by Gasteiger charge is -2.06. The second-order valence-corrected chi connectivity index (χ2v) is 2.96. The van der Waals surface area contributed by atoms with E-state index in [-0.39, 0.29) is 5.92 Å². The highest BCUT2D eigenvalue weighted by atomic mass is 16.5. The third-order valence-corrected chi connectivity index (χ3v) is 1.68. The molecule has 0 heterocycles. The molecule has 0 spiro atoms. The molecule has 1 unspecified atom stereocenters. The van der Waals surface area contributed by atoms with Crippen molar-refractivity contribution < 1.29 is 14.6 Å². The highest BCUT2D eigenvalue weighted by Gasteiger charge is 2.03. The first kappa shape index (κ1) is 11.8. The van der Waals surface area contributed by atoms with Crippen LogP contribution >= 0.6 is 0 Å². The van der Waals surface area contributed by atoms with Crippen molar-refractivity contribution in [3.05, 3.63) is 24.5 Å². The largest absolute Gasteiger partial charge is 0.502 e. The van der Waals surface area contributed by atoms with E-state index in [4.69, 9.17) is 9.84 Å². The molecule has 3 nitrogen and oxygen atoms in total. The first-order valence-electron chi connectivity index (χ1n) is 4.22. The zero-order valence-electron chi connectivity index (χ0n) is 8.12. The molecular formula is C10H16O3. The number of hydrogen-bond acceptors (Lipinski definition) is 2. The first-order chi connectivity index (χ1) is 6.07. The topological polar surface area (TPSA) is 46.5 Å². The lowest BCUT2D eigenvalue weighted by Crippen LogP contribution is -2.01. The van der Waals surface area contributed by atoms with Gasteiger partial charge in [0.15, 0.2) is 0 Å². The highest BCUT2D eigenvalue weighted by molar-refractivity contribution is 5.85. The molecule has 0 aliphatic carbocycles. The predicted octanol–water partition coefficient (Wildman–Crippen LogP) is 2.20. The quantitative estimate of drug-likeness (QED) is 0.391. The van der Waals surface area contributed by atoms with Gasteiger partial charge in [-0.05, 0) is 19.3 Å². The Morgan fingerprint density at radius 2 is 2.31 bits per heavy atom. The van der Waals surface area contributed by atoms with Gasteiger partial charge in [0, 0.05) is 5.57 Å². The van der Waals surface area contributed by atoms with Crippen LogP contribution in [-0.4, -0.2) is 17.7 Å². The molecule has 0 aromatic rings. The van der Waals surface area contributed by atoms with Crippen LogP contribution in [-0.2, 0) is 9.53 Å². The highest BCUT2D eigenvalue weighted by Crippen LogP contribution is 2.07. The van der Waals surface area contributed by atoms with Gasteiger partial charge in [0.1, 0.15) is 0 Å². The lowest BCUT2D eigenvalue weighted by atomic mass is 10.1. The summed E-state index contributed by atoms with van der Waals surface area (Å²) >= 11 is 0. The maximum Gasteiger partial charge on any atom is 0.330 e. The third kappa shape index (κ3) is 5.96. The van der Waals surface area contributed by atoms with E-state index in [9.17, 15) is 4.79 Å². The molecule has 13 heavy (non-hydrogen) atoms. The number of carboxylic acids is 1. The Kier molecular flexibility index (Phi) is 5.68. The Hall–Kier alpha value is -1.25. The van der Waals surface area contributed by atoms with Crippen LogP contribution in [0.3, 0.4) is 0 Å². The average Bonchev–Trinajstić information content (AvgIpc) is 2.04. The zero-order chi connectivity index (χ0) is 10.3. The van der Waals surface area contributed by atoms with Crippen LogP contribution in [0, 0.1) is 5.92 Å². The summed E-state index contributed by atoms with van der Waals surface area (Å²) in [6.07, 6.45) is 3.92. The Morgan fingerprint density at radius 3 is 2.77 bits per heavy atom. The monoisotopic (exact) mass is 184 g/mol. The van der Waals surface area contributed by atoms with E-state index in [0.29, 0.717) is 12.2 Å². The zero-order valence-corrected chi connectivity index (χ0v) is 8.12. The standard InChI is InChI=1S/C10H16O3/c1-4-13-6-5-8(2)7-9(3)10(11)12/h4,7-8H,1,5-6H2,2-3H3,(H,11,12). The summed E-state index contributed by atoms with van der Waals surface area (Å²) in [6.45, 7) is 7.54. The van der Waals surface area contributed by atoms with Crippen LogP contribution in [0.25, 0.3) is 0 Å². The smallest absolute Gasteiger partial charge is 0.330 e. The van der Waals surface area contributed by atoms with E-state index < -0.39 is 5.97 Å². The molecule has 0 aromatic carbocycles. The van der Waals surface area contributed by atoms with Crippen LogP contribution in [0.5, 0.6) is 0 Å². The molecule has 0 bridgehead atoms. The number of aliphatic carboxylic acids is 1. The normalized spacial score (nSPS) is 13.5. The van der Waals surface area contributed by atoms with Crippen molar-refractivity contribution in [3.63, 3.8) is 0 Å². The van der Waals surface area contributed by atoms with E-state index in [1.54, 1.807) is 13.0 Å². The molecule has 0 aliphatic rings. The summed E-state index contributed by atoms with van der Waals surface area (Å²) < 4.78 is 4.93. The van der Waals surface area contributed by atoms with Gasteiger partial charge in [0.05, 0.1) is 12.9 Å². The average molecular weight is 184 g/mol. The molecule has 0 saturated carbocycles. The minimum Gasteiger partial charge on any atom is -0.502 e. The predicted molar refractivity (Wildman–Crippen MR) is 51.3 cm³/mol. The molecule has 0 fully saturated rings. The summed E-state index contributed by atoms with van der Waals surface area (Å²) in [4.78, 5) is 10.4. The maximum absolute atomic E-state index is 10.4. The molecule has 74 valence electrons. The van der Waals surface area contributed by atoms with Crippen LogP contribution in [0.1, 0.15) is 20.3 Å². The molecule has 0 amide bonds. The van der Waals surface area contributed by atoms with Crippen LogP contribution < -0.4 is 0 Å². The number of hydrogen-bond donors (Lipinski definition) is 1. The van der Waals surface area contributed by atoms with Gasteiger partial charge in [0.25, 0.3) is 0 Å². The summed E-state index contributed by atoms with van der Waals surface area (Å²) in [6, 6.07) is 0. The van der Waals surface area contributed by atoms with Crippen molar-refractivity contribution in [2.75, 3.05) is 6.61 Å². The van der Waals surface area contributed by atoms with Gasteiger partial charge in [-0.1, -0.05) is 19.6 Å². The van der Waals surface area contributed by atoms with Crippen molar-refractivity contribution in [1.29, 1.82) is 0 Å². The number of allylic oxidation sites excluding steroid dienone is 1. The van der Waals surface area contributed by atoms with Gasteiger partial charge in [-0.2, -0.15) is 0 Å². The number of carboxylic acid groups (broad SMARTS) is 1. The van der Waals surface area contributed by atoms with Crippen molar-refractivity contribution in [2.24, 2.45) is 5.92 Å². The summed E-state index contributed by atoms with van der Waals surface area (Å²) in [7, 11) is 0. The van der Waals surface area contributed by atoms with Gasteiger partial charge < -0.3 is 9.84 Å². The second-order valence-electron chi connectivity index (χ2n) is 2.96. The number of rotatable bonds is 6. The molecule has 0 saturated heterocycles. The summed E-state index contributed by atoms with van der Waals surface area (Å²) in [5.41, 5.74) is 0.381. The fourth-order valence-electron chi connectivity index (χ4n) is 0.919. The molecule has 0 aliphatic heterocycles. The van der Waals surface area contributed by atoms with E-state index in [1.807, 2.05) is 6.92 Å². The minimum atomic E-state index is -0.864. The van der Waals surface area contributed by atoms with E-state index in [2.05, 4.69) is 6.58 Å². The van der Waals surface area contributed by atoms with Gasteiger partial charge in [0.2, 0.25) is 0 Å². The third-order valence-electron chi connectivity index (χ3n) is 1.68. The van der Waals surface area contributed by atoms with E-state index in [0.717, 1.165) is 6.42 Å². The minimum absolute atomic E-state index is 0.219. The Balaban J connectivity index is 3.84. The molecule has 1 N–H and O–H groups in total. The molecule has 3 heteroatoms. The SMILES string of the molecule is C=COCCC(C)C=C(C)C(=O)O. The number of ether oxygens (including phenoxy) is 1. The van der Waals surface area contributed by atoms with Crippen molar-refractivity contribution in [2.45, 2.75) is 20.3 Å². The van der Waals surface area contributed by atoms with Crippen LogP contribution in [0.4, 0.5) is 0 Å². The molecule has 0 radical (unpaired) electrons. The fourth-order valence-corrected chi connectivity index (χ4v) is 0.919. The summed E-state index contributed by atoms with van der Waals surface area (Å²) in [5, 5.41) is 8.59. The molecule has 0 aromatic heterocycles. The Labute approximate surface area is 78.7 Å². The van der Waals surface area contributed by atoms with Crippen LogP contribution in [0.2, 0.25) is 0 Å². The van der Waals surface area contributed by atoms with Gasteiger partial charge in [-0.25, -0.2) is 4.79 Å². The fraction of sp³-hybridized carbons (Fsp3) is 0.500. The summed E-state index contributed by atoms with van der Waals surface area (Å²) in [5.74, 6) is -0.646. The van der Waals surface area contributed by atoms with Crippen molar-refractivity contribution >= 4 is 5.97 Å². The Bertz CT molecular complexity index is 206. The van der Waals surface area contributed by atoms with E-state index >= 15 is 0 Å². The van der Waals surface area contributed by atoms with Gasteiger partial charge in [-0.3, -0.25) is 0 Å². The lowest BCUT2D eigenvalue weighted by molar-refractivity contribution is -0.132. The van der Waals surface area contributed by atoms with Gasteiger partial charge >= 0.3 is 5.97 Å². The Morgan fingerprint density at radius 1 is 1.69 bits per heavy atom. The second kappa shape index (κ2) is 6.29. The maximum atomic E-state index is 10.4. The van der Waals surface area contributed by atoms with Crippen molar-refractivity contribution in [3.8, 4) is 0 Å². The molecule has 0 rings (SSSR count). The number of carbonyl (C=O) groups is 1. The van der Waals surface area contributed by atoms with Crippen molar-refractivity contribution in [1.82, 2.24) is 0 Å². The van der Waals surface area contributed by atoms with Crippen LogP contribution in [0.15, 0.2) is 24.5 Å². The molecular weight excluding hydrogens is 168 g/mol. The molecule has 1 atom stereocenters. The van der Waals surface area contributed by atoms with Gasteiger partial charge in [-0.15, -0.1) is 0 Å².